The maximum Gasteiger partial charge on any atom is 0.357 e. The second-order valence-electron chi connectivity index (χ2n) is 3.40. The molecule has 2 rings (SSSR count). The minimum Gasteiger partial charge on any atom is -0.464 e. The van der Waals surface area contributed by atoms with Crippen LogP contribution in [0.2, 0.25) is 5.02 Å². The average molecular weight is 366 g/mol. The zero-order valence-electron chi connectivity index (χ0n) is 9.54. The van der Waals surface area contributed by atoms with Gasteiger partial charge in [0.1, 0.15) is 5.82 Å². The first-order valence-corrected chi connectivity index (χ1v) is 7.01. The highest BCUT2D eigenvalue weighted by atomic mass is 79.9. The molecule has 1 aromatic heterocycles. The van der Waals surface area contributed by atoms with Crippen molar-refractivity contribution in [1.82, 2.24) is 4.98 Å². The molecule has 0 fully saturated rings. The first-order chi connectivity index (χ1) is 9.01. The molecular weight excluding hydrogens is 359 g/mol. The number of carbonyl (C=O) groups excluding carboxylic acids is 1. The topological polar surface area (TPSA) is 51.2 Å². The van der Waals surface area contributed by atoms with E-state index in [0.29, 0.717) is 15.3 Å². The molecule has 0 bridgehead atoms. The number of anilines is 2. The van der Waals surface area contributed by atoms with Gasteiger partial charge in [-0.3, -0.25) is 0 Å². The van der Waals surface area contributed by atoms with Crippen LogP contribution in [-0.2, 0) is 4.74 Å². The van der Waals surface area contributed by atoms with E-state index in [0.717, 1.165) is 0 Å². The van der Waals surface area contributed by atoms with Gasteiger partial charge in [-0.05, 0) is 28.1 Å². The van der Waals surface area contributed by atoms with Gasteiger partial charge in [-0.15, -0.1) is 11.3 Å². The lowest BCUT2D eigenvalue weighted by Gasteiger charge is -2.07. The Kier molecular flexibility index (Phi) is 4.38. The maximum atomic E-state index is 13.1. The molecule has 1 N–H and O–H groups in total. The van der Waals surface area contributed by atoms with Crippen LogP contribution < -0.4 is 5.32 Å². The predicted octanol–water partition coefficient (Wildman–Crippen LogP) is 4.23. The number of carbonyl (C=O) groups is 1. The van der Waals surface area contributed by atoms with Crippen LogP contribution in [0.25, 0.3) is 0 Å². The van der Waals surface area contributed by atoms with Crippen LogP contribution >= 0.6 is 38.9 Å². The lowest BCUT2D eigenvalue weighted by Crippen LogP contribution is -2.01. The van der Waals surface area contributed by atoms with Gasteiger partial charge >= 0.3 is 5.97 Å². The van der Waals surface area contributed by atoms with Gasteiger partial charge in [-0.2, -0.15) is 0 Å². The molecule has 4 nitrogen and oxygen atoms in total. The third kappa shape index (κ3) is 3.23. The molecular formula is C11H7BrClFN2O2S. The van der Waals surface area contributed by atoms with Crippen molar-refractivity contribution in [1.29, 1.82) is 0 Å². The number of nitrogens with one attached hydrogen (secondary N) is 1. The van der Waals surface area contributed by atoms with E-state index < -0.39 is 11.8 Å². The predicted molar refractivity (Wildman–Crippen MR) is 75.8 cm³/mol. The average Bonchev–Trinajstić information content (AvgIpc) is 2.81. The first-order valence-electron chi connectivity index (χ1n) is 4.96. The van der Waals surface area contributed by atoms with Crippen LogP contribution in [0.4, 0.5) is 15.2 Å². The van der Waals surface area contributed by atoms with Gasteiger partial charge in [0.2, 0.25) is 0 Å². The van der Waals surface area contributed by atoms with Crippen LogP contribution in [-0.4, -0.2) is 18.1 Å². The van der Waals surface area contributed by atoms with Crippen LogP contribution in [0, 0.1) is 5.82 Å². The van der Waals surface area contributed by atoms with Gasteiger partial charge in [0.05, 0.1) is 17.8 Å². The Morgan fingerprint density at radius 2 is 2.32 bits per heavy atom. The molecule has 0 unspecified atom stereocenters. The van der Waals surface area contributed by atoms with Crippen LogP contribution in [0.1, 0.15) is 10.5 Å². The van der Waals surface area contributed by atoms with Crippen LogP contribution in [0.3, 0.4) is 0 Å². The van der Waals surface area contributed by atoms with E-state index in [1.807, 2.05) is 0 Å². The van der Waals surface area contributed by atoms with E-state index in [9.17, 15) is 9.18 Å². The number of hydrogen-bond acceptors (Lipinski definition) is 5. The molecule has 0 radical (unpaired) electrons. The minimum atomic E-state index is -0.520. The number of esters is 1. The van der Waals surface area contributed by atoms with E-state index in [4.69, 9.17) is 11.6 Å². The Morgan fingerprint density at radius 3 is 2.95 bits per heavy atom. The van der Waals surface area contributed by atoms with Gasteiger partial charge < -0.3 is 10.1 Å². The number of benzene rings is 1. The Balaban J connectivity index is 2.27. The molecule has 2 aromatic rings. The van der Waals surface area contributed by atoms with E-state index in [1.54, 1.807) is 5.38 Å². The molecule has 0 atom stereocenters. The van der Waals surface area contributed by atoms with E-state index in [1.165, 1.54) is 30.6 Å². The van der Waals surface area contributed by atoms with Crippen molar-refractivity contribution < 1.29 is 13.9 Å². The summed E-state index contributed by atoms with van der Waals surface area (Å²) in [5.41, 5.74) is 0.679. The highest BCUT2D eigenvalue weighted by molar-refractivity contribution is 9.10. The summed E-state index contributed by atoms with van der Waals surface area (Å²) < 4.78 is 18.1. The normalized spacial score (nSPS) is 10.3. The Morgan fingerprint density at radius 1 is 1.58 bits per heavy atom. The molecule has 100 valence electrons. The fraction of sp³-hybridized carbons (Fsp3) is 0.0909. The largest absolute Gasteiger partial charge is 0.464 e. The maximum absolute atomic E-state index is 13.1. The van der Waals surface area contributed by atoms with Gasteiger partial charge in [0.15, 0.2) is 10.8 Å². The van der Waals surface area contributed by atoms with Crippen molar-refractivity contribution in [3.8, 4) is 0 Å². The number of aromatic nitrogens is 1. The number of thiazole rings is 1. The SMILES string of the molecule is COC(=O)c1csc(Nc2c(Cl)cc(F)cc2Br)n1. The summed E-state index contributed by atoms with van der Waals surface area (Å²) in [6.45, 7) is 0. The van der Waals surface area contributed by atoms with Crippen molar-refractivity contribution in [3.63, 3.8) is 0 Å². The second-order valence-corrected chi connectivity index (χ2v) is 5.52. The second kappa shape index (κ2) is 5.85. The van der Waals surface area contributed by atoms with Gasteiger partial charge in [0.25, 0.3) is 0 Å². The highest BCUT2D eigenvalue weighted by Crippen LogP contribution is 2.34. The zero-order chi connectivity index (χ0) is 14.0. The number of nitrogens with zero attached hydrogens (tertiary/aromatic N) is 1. The van der Waals surface area contributed by atoms with Crippen molar-refractivity contribution in [2.45, 2.75) is 0 Å². The molecule has 19 heavy (non-hydrogen) atoms. The first kappa shape index (κ1) is 14.2. The number of halogens is 3. The zero-order valence-corrected chi connectivity index (χ0v) is 12.7. The van der Waals surface area contributed by atoms with Crippen molar-refractivity contribution >= 4 is 55.7 Å². The molecule has 8 heteroatoms. The lowest BCUT2D eigenvalue weighted by atomic mass is 10.3. The smallest absolute Gasteiger partial charge is 0.357 e. The molecule has 1 aromatic carbocycles. The third-order valence-corrected chi connectivity index (χ3v) is 3.82. The molecule has 0 saturated heterocycles. The quantitative estimate of drug-likeness (QED) is 0.827. The molecule has 0 amide bonds. The lowest BCUT2D eigenvalue weighted by molar-refractivity contribution is 0.0595. The molecule has 0 spiro atoms. The van der Waals surface area contributed by atoms with Gasteiger partial charge in [0, 0.05) is 9.85 Å². The number of rotatable bonds is 3. The summed E-state index contributed by atoms with van der Waals surface area (Å²) in [6, 6.07) is 2.46. The van der Waals surface area contributed by atoms with Crippen molar-refractivity contribution in [3.05, 3.63) is 38.5 Å². The molecule has 0 aliphatic carbocycles. The molecule has 1 heterocycles. The Bertz CT molecular complexity index is 612. The molecule has 0 aliphatic rings. The summed E-state index contributed by atoms with van der Waals surface area (Å²) in [5, 5.41) is 5.14. The number of ether oxygens (including phenoxy) is 1. The monoisotopic (exact) mass is 364 g/mol. The molecule has 0 saturated carbocycles. The summed E-state index contributed by atoms with van der Waals surface area (Å²) in [7, 11) is 1.28. The standard InChI is InChI=1S/C11H7BrClFN2O2S/c1-18-10(17)8-4-19-11(15-8)16-9-6(12)2-5(14)3-7(9)13/h2-4H,1H3,(H,15,16). The highest BCUT2D eigenvalue weighted by Gasteiger charge is 2.13. The molecule has 0 aliphatic heterocycles. The van der Waals surface area contributed by atoms with Crippen LogP contribution in [0.5, 0.6) is 0 Å². The summed E-state index contributed by atoms with van der Waals surface area (Å²) in [5.74, 6) is -0.967. The van der Waals surface area contributed by atoms with Gasteiger partial charge in [-0.25, -0.2) is 14.2 Å². The summed E-state index contributed by atoms with van der Waals surface area (Å²) in [6.07, 6.45) is 0. The number of hydrogen-bond donors (Lipinski definition) is 1. The van der Waals surface area contributed by atoms with E-state index >= 15 is 0 Å². The van der Waals surface area contributed by atoms with E-state index in [2.05, 4.69) is 31.0 Å². The fourth-order valence-electron chi connectivity index (χ4n) is 1.30. The third-order valence-electron chi connectivity index (χ3n) is 2.14. The van der Waals surface area contributed by atoms with Crippen molar-refractivity contribution in [2.24, 2.45) is 0 Å². The summed E-state index contributed by atoms with van der Waals surface area (Å²) >= 11 is 10.4. The minimum absolute atomic E-state index is 0.198. The Labute approximate surface area is 125 Å². The van der Waals surface area contributed by atoms with Crippen molar-refractivity contribution in [2.75, 3.05) is 12.4 Å². The van der Waals surface area contributed by atoms with Gasteiger partial charge in [-0.1, -0.05) is 11.6 Å². The Hall–Kier alpha value is -1.18. The summed E-state index contributed by atoms with van der Waals surface area (Å²) in [4.78, 5) is 15.3. The van der Waals surface area contributed by atoms with Crippen LogP contribution in [0.15, 0.2) is 22.0 Å². The van der Waals surface area contributed by atoms with E-state index in [-0.39, 0.29) is 10.7 Å². The number of methoxy groups -OCH3 is 1. The fourth-order valence-corrected chi connectivity index (χ4v) is 2.88.